The van der Waals surface area contributed by atoms with Crippen LogP contribution in [-0.2, 0) is 11.2 Å². The van der Waals surface area contributed by atoms with Crippen molar-refractivity contribution in [2.24, 2.45) is 0 Å². The lowest BCUT2D eigenvalue weighted by molar-refractivity contribution is -0.137. The lowest BCUT2D eigenvalue weighted by Gasteiger charge is -2.27. The van der Waals surface area contributed by atoms with E-state index in [4.69, 9.17) is 14.6 Å². The number of aryl methyl sites for hydroxylation is 1. The first kappa shape index (κ1) is 16.9. The first-order valence-electron chi connectivity index (χ1n) is 9.32. The van der Waals surface area contributed by atoms with Gasteiger partial charge in [0.25, 0.3) is 0 Å². The number of rotatable bonds is 6. The minimum Gasteiger partial charge on any atom is -0.490 e. The molecule has 5 heteroatoms. The lowest BCUT2D eigenvalue weighted by atomic mass is 9.95. The van der Waals surface area contributed by atoms with E-state index >= 15 is 0 Å². The molecule has 1 fully saturated rings. The van der Waals surface area contributed by atoms with Crippen LogP contribution in [0.2, 0.25) is 0 Å². The molecule has 2 aliphatic rings. The van der Waals surface area contributed by atoms with Gasteiger partial charge in [0.15, 0.2) is 0 Å². The van der Waals surface area contributed by atoms with Gasteiger partial charge in [-0.15, -0.1) is 0 Å². The average Bonchev–Trinajstić information content (AvgIpc) is 2.63. The number of carboxylic acid groups (broad SMARTS) is 1. The molecule has 1 aromatic carbocycles. The van der Waals surface area contributed by atoms with E-state index in [1.165, 1.54) is 6.42 Å². The molecule has 0 saturated heterocycles. The smallest absolute Gasteiger partial charge is 0.303 e. The Morgan fingerprint density at radius 3 is 2.92 bits per heavy atom. The summed E-state index contributed by atoms with van der Waals surface area (Å²) in [5.41, 5.74) is 3.25. The Morgan fingerprint density at radius 1 is 1.27 bits per heavy atom. The zero-order chi connectivity index (χ0) is 17.9. The summed E-state index contributed by atoms with van der Waals surface area (Å²) in [6.07, 6.45) is 7.93. The van der Waals surface area contributed by atoms with E-state index in [0.29, 0.717) is 18.4 Å². The van der Waals surface area contributed by atoms with Gasteiger partial charge in [0.05, 0.1) is 6.10 Å². The number of benzene rings is 1. The summed E-state index contributed by atoms with van der Waals surface area (Å²) < 4.78 is 12.0. The molecule has 4 rings (SSSR count). The van der Waals surface area contributed by atoms with Crippen molar-refractivity contribution in [2.45, 2.75) is 57.2 Å². The van der Waals surface area contributed by atoms with Gasteiger partial charge in [-0.05, 0) is 73.9 Å². The Labute approximate surface area is 153 Å². The van der Waals surface area contributed by atoms with E-state index in [1.54, 1.807) is 6.20 Å². The molecule has 5 nitrogen and oxygen atoms in total. The van der Waals surface area contributed by atoms with Gasteiger partial charge in [0, 0.05) is 18.2 Å². The summed E-state index contributed by atoms with van der Waals surface area (Å²) >= 11 is 0. The van der Waals surface area contributed by atoms with Crippen LogP contribution in [0.3, 0.4) is 0 Å². The zero-order valence-corrected chi connectivity index (χ0v) is 14.7. The number of pyridine rings is 1. The fourth-order valence-electron chi connectivity index (χ4n) is 3.45. The molecule has 0 amide bonds. The number of nitrogens with zero attached hydrogens (tertiary/aromatic N) is 1. The van der Waals surface area contributed by atoms with Crippen LogP contribution in [0, 0.1) is 0 Å². The molecule has 1 aliphatic carbocycles. The molecule has 0 spiro atoms. The van der Waals surface area contributed by atoms with Gasteiger partial charge in [-0.25, -0.2) is 4.98 Å². The van der Waals surface area contributed by atoms with Crippen LogP contribution in [0.4, 0.5) is 0 Å². The number of carbonyl (C=O) groups is 1. The maximum atomic E-state index is 10.7. The normalized spacial score (nSPS) is 19.2. The molecule has 1 aliphatic heterocycles. The largest absolute Gasteiger partial charge is 0.490 e. The van der Waals surface area contributed by atoms with Crippen LogP contribution in [0.15, 0.2) is 36.5 Å². The number of ether oxygens (including phenoxy) is 2. The van der Waals surface area contributed by atoms with Crippen LogP contribution in [-0.4, -0.2) is 28.3 Å². The number of carboxylic acids is 1. The standard InChI is InChI=1S/C21H23NO4/c23-20(24)11-9-17-8-6-15-13-14(7-10-19(15)25-17)18-5-2-12-22-21(18)26-16-3-1-4-16/h2,5,7,10,12-13,16-17H,1,3-4,6,8-9,11H2,(H,23,24). The van der Waals surface area contributed by atoms with E-state index in [-0.39, 0.29) is 12.5 Å². The van der Waals surface area contributed by atoms with Crippen molar-refractivity contribution in [3.63, 3.8) is 0 Å². The number of hydrogen-bond acceptors (Lipinski definition) is 4. The zero-order valence-electron chi connectivity index (χ0n) is 14.7. The fourth-order valence-corrected chi connectivity index (χ4v) is 3.45. The highest BCUT2D eigenvalue weighted by atomic mass is 16.5. The quantitative estimate of drug-likeness (QED) is 0.841. The SMILES string of the molecule is O=C(O)CCC1CCc2cc(-c3cccnc3OC3CCC3)ccc2O1. The van der Waals surface area contributed by atoms with Crippen molar-refractivity contribution in [1.82, 2.24) is 4.98 Å². The molecule has 1 atom stereocenters. The van der Waals surface area contributed by atoms with Crippen LogP contribution in [0.5, 0.6) is 11.6 Å². The molecule has 2 aromatic rings. The van der Waals surface area contributed by atoms with Gasteiger partial charge in [0.2, 0.25) is 5.88 Å². The van der Waals surface area contributed by atoms with Crippen molar-refractivity contribution in [3.05, 3.63) is 42.1 Å². The summed E-state index contributed by atoms with van der Waals surface area (Å²) in [5.74, 6) is 0.791. The topological polar surface area (TPSA) is 68.7 Å². The molecule has 1 aromatic heterocycles. The van der Waals surface area contributed by atoms with E-state index in [0.717, 1.165) is 48.1 Å². The van der Waals surface area contributed by atoms with Crippen molar-refractivity contribution in [3.8, 4) is 22.8 Å². The van der Waals surface area contributed by atoms with E-state index in [2.05, 4.69) is 11.1 Å². The second-order valence-electron chi connectivity index (χ2n) is 7.06. The average molecular weight is 353 g/mol. The monoisotopic (exact) mass is 353 g/mol. The summed E-state index contributed by atoms with van der Waals surface area (Å²) in [6, 6.07) is 10.1. The van der Waals surface area contributed by atoms with Crippen molar-refractivity contribution in [2.75, 3.05) is 0 Å². The van der Waals surface area contributed by atoms with E-state index in [1.807, 2.05) is 24.3 Å². The second kappa shape index (κ2) is 7.36. The molecule has 0 radical (unpaired) electrons. The molecule has 2 heterocycles. The second-order valence-corrected chi connectivity index (χ2v) is 7.06. The van der Waals surface area contributed by atoms with Crippen molar-refractivity contribution in [1.29, 1.82) is 0 Å². The molecular formula is C21H23NO4. The molecule has 136 valence electrons. The fraction of sp³-hybridized carbons (Fsp3) is 0.429. The first-order chi connectivity index (χ1) is 12.7. The molecule has 0 bridgehead atoms. The summed E-state index contributed by atoms with van der Waals surface area (Å²) in [7, 11) is 0. The highest BCUT2D eigenvalue weighted by Crippen LogP contribution is 2.36. The van der Waals surface area contributed by atoms with E-state index < -0.39 is 5.97 Å². The van der Waals surface area contributed by atoms with Gasteiger partial charge >= 0.3 is 5.97 Å². The Hall–Kier alpha value is -2.56. The van der Waals surface area contributed by atoms with Crippen molar-refractivity contribution >= 4 is 5.97 Å². The Morgan fingerprint density at radius 2 is 2.15 bits per heavy atom. The summed E-state index contributed by atoms with van der Waals surface area (Å²) in [6.45, 7) is 0. The predicted octanol–water partition coefficient (Wildman–Crippen LogP) is 4.24. The third kappa shape index (κ3) is 3.66. The predicted molar refractivity (Wildman–Crippen MR) is 97.5 cm³/mol. The molecule has 26 heavy (non-hydrogen) atoms. The third-order valence-corrected chi connectivity index (χ3v) is 5.18. The molecular weight excluding hydrogens is 330 g/mol. The van der Waals surface area contributed by atoms with Crippen LogP contribution in [0.1, 0.15) is 44.1 Å². The molecule has 1 saturated carbocycles. The maximum Gasteiger partial charge on any atom is 0.303 e. The van der Waals surface area contributed by atoms with Crippen LogP contribution < -0.4 is 9.47 Å². The molecule has 1 unspecified atom stereocenters. The third-order valence-electron chi connectivity index (χ3n) is 5.18. The van der Waals surface area contributed by atoms with Gasteiger partial charge in [0.1, 0.15) is 11.9 Å². The maximum absolute atomic E-state index is 10.7. The van der Waals surface area contributed by atoms with Crippen LogP contribution >= 0.6 is 0 Å². The first-order valence-corrected chi connectivity index (χ1v) is 9.32. The van der Waals surface area contributed by atoms with Gasteiger partial charge in [-0.1, -0.05) is 6.07 Å². The minimum absolute atomic E-state index is 0.0136. The Balaban J connectivity index is 1.52. The van der Waals surface area contributed by atoms with Gasteiger partial charge in [-0.3, -0.25) is 4.79 Å². The highest BCUT2D eigenvalue weighted by Gasteiger charge is 2.23. The Bertz CT molecular complexity index is 800. The number of fused-ring (bicyclic) bond motifs is 1. The number of aromatic nitrogens is 1. The lowest BCUT2D eigenvalue weighted by Crippen LogP contribution is -2.25. The van der Waals surface area contributed by atoms with E-state index in [9.17, 15) is 4.79 Å². The van der Waals surface area contributed by atoms with Crippen molar-refractivity contribution < 1.29 is 19.4 Å². The Kier molecular flexibility index (Phi) is 4.78. The summed E-state index contributed by atoms with van der Waals surface area (Å²) in [5, 5.41) is 8.84. The minimum atomic E-state index is -0.773. The number of hydrogen-bond donors (Lipinski definition) is 1. The number of aliphatic carboxylic acids is 1. The summed E-state index contributed by atoms with van der Waals surface area (Å²) in [4.78, 5) is 15.2. The van der Waals surface area contributed by atoms with Gasteiger partial charge in [-0.2, -0.15) is 0 Å². The highest BCUT2D eigenvalue weighted by molar-refractivity contribution is 5.70. The molecule has 1 N–H and O–H groups in total. The van der Waals surface area contributed by atoms with Crippen LogP contribution in [0.25, 0.3) is 11.1 Å². The van der Waals surface area contributed by atoms with Gasteiger partial charge < -0.3 is 14.6 Å².